The molecule has 4 N–H and O–H groups in total. The number of anilines is 1. The van der Waals surface area contributed by atoms with E-state index in [0.717, 1.165) is 31.5 Å². The highest BCUT2D eigenvalue weighted by atomic mass is 32.1. The Bertz CT molecular complexity index is 313. The van der Waals surface area contributed by atoms with Gasteiger partial charge in [-0.3, -0.25) is 0 Å². The Balaban J connectivity index is 1.80. The fraction of sp³-hybridized carbons (Fsp3) is 0.636. The van der Waals surface area contributed by atoms with Crippen molar-refractivity contribution >= 4 is 17.0 Å². The Morgan fingerprint density at radius 3 is 3.07 bits per heavy atom. The van der Waals surface area contributed by atoms with Crippen LogP contribution in [0.3, 0.4) is 0 Å². The molecule has 2 atom stereocenters. The molecule has 0 aliphatic heterocycles. The zero-order valence-electron chi connectivity index (χ0n) is 8.78. The van der Waals surface area contributed by atoms with Gasteiger partial charge in [0, 0.05) is 23.2 Å². The molecule has 1 aliphatic carbocycles. The average molecular weight is 226 g/mol. The Kier molecular flexibility index (Phi) is 3.61. The molecule has 1 aromatic heterocycles. The van der Waals surface area contributed by atoms with Crippen LogP contribution in [0.4, 0.5) is 5.69 Å². The van der Waals surface area contributed by atoms with E-state index in [-0.39, 0.29) is 6.10 Å². The third-order valence-corrected chi connectivity index (χ3v) is 3.91. The van der Waals surface area contributed by atoms with Crippen molar-refractivity contribution in [1.29, 1.82) is 0 Å². The molecule has 0 spiro atoms. The quantitative estimate of drug-likeness (QED) is 0.735. The minimum atomic E-state index is -0.114. The number of nitrogens with two attached hydrogens (primary N) is 1. The lowest BCUT2D eigenvalue weighted by atomic mass is 9.93. The first-order chi connectivity index (χ1) is 7.25. The van der Waals surface area contributed by atoms with E-state index < -0.39 is 0 Å². The van der Waals surface area contributed by atoms with Crippen LogP contribution in [0.25, 0.3) is 0 Å². The molecule has 1 aliphatic rings. The SMILES string of the molecule is Nc1ccsc1CNC1CCCC(O)C1. The Morgan fingerprint density at radius 2 is 2.40 bits per heavy atom. The number of thiophene rings is 1. The van der Waals surface area contributed by atoms with E-state index in [9.17, 15) is 5.11 Å². The number of hydrogen-bond donors (Lipinski definition) is 3. The smallest absolute Gasteiger partial charge is 0.0555 e. The highest BCUT2D eigenvalue weighted by Crippen LogP contribution is 2.21. The third-order valence-electron chi connectivity index (χ3n) is 2.98. The number of nitrogens with one attached hydrogen (secondary N) is 1. The van der Waals surface area contributed by atoms with Gasteiger partial charge in [0.25, 0.3) is 0 Å². The first-order valence-corrected chi connectivity index (χ1v) is 6.37. The van der Waals surface area contributed by atoms with E-state index >= 15 is 0 Å². The number of nitrogen functional groups attached to an aromatic ring is 1. The Hall–Kier alpha value is -0.580. The largest absolute Gasteiger partial charge is 0.398 e. The van der Waals surface area contributed by atoms with Gasteiger partial charge in [0.1, 0.15) is 0 Å². The maximum atomic E-state index is 9.53. The van der Waals surface area contributed by atoms with E-state index in [1.807, 2.05) is 11.4 Å². The van der Waals surface area contributed by atoms with Gasteiger partial charge in [-0.1, -0.05) is 0 Å². The van der Waals surface area contributed by atoms with Crippen LogP contribution in [-0.2, 0) is 6.54 Å². The van der Waals surface area contributed by atoms with E-state index in [1.165, 1.54) is 11.3 Å². The van der Waals surface area contributed by atoms with Gasteiger partial charge in [0.2, 0.25) is 0 Å². The lowest BCUT2D eigenvalue weighted by molar-refractivity contribution is 0.111. The summed E-state index contributed by atoms with van der Waals surface area (Å²) in [4.78, 5) is 1.20. The minimum Gasteiger partial charge on any atom is -0.398 e. The van der Waals surface area contributed by atoms with Gasteiger partial charge in [-0.15, -0.1) is 11.3 Å². The van der Waals surface area contributed by atoms with Gasteiger partial charge in [0.05, 0.1) is 6.10 Å². The standard InChI is InChI=1S/C11H18N2OS/c12-10-4-5-15-11(10)7-13-8-2-1-3-9(14)6-8/h4-5,8-9,13-14H,1-3,6-7,12H2. The molecule has 0 amide bonds. The molecule has 2 rings (SSSR count). The van der Waals surface area contributed by atoms with Crippen LogP contribution < -0.4 is 11.1 Å². The van der Waals surface area contributed by atoms with E-state index in [2.05, 4.69) is 5.32 Å². The third kappa shape index (κ3) is 2.93. The topological polar surface area (TPSA) is 58.3 Å². The Morgan fingerprint density at radius 1 is 1.53 bits per heavy atom. The van der Waals surface area contributed by atoms with Crippen LogP contribution in [-0.4, -0.2) is 17.3 Å². The average Bonchev–Trinajstić information content (AvgIpc) is 2.61. The maximum Gasteiger partial charge on any atom is 0.0555 e. The predicted molar refractivity (Wildman–Crippen MR) is 63.8 cm³/mol. The molecule has 1 heterocycles. The maximum absolute atomic E-state index is 9.53. The van der Waals surface area contributed by atoms with Crippen LogP contribution in [0.1, 0.15) is 30.6 Å². The van der Waals surface area contributed by atoms with Gasteiger partial charge >= 0.3 is 0 Å². The molecule has 0 bridgehead atoms. The molecule has 0 saturated heterocycles. The lowest BCUT2D eigenvalue weighted by Gasteiger charge is -2.26. The van der Waals surface area contributed by atoms with E-state index in [1.54, 1.807) is 11.3 Å². The zero-order valence-corrected chi connectivity index (χ0v) is 9.59. The molecule has 4 heteroatoms. The summed E-state index contributed by atoms with van der Waals surface area (Å²) in [5.41, 5.74) is 6.68. The molecular formula is C11H18N2OS. The lowest BCUT2D eigenvalue weighted by Crippen LogP contribution is -2.35. The molecule has 0 aromatic carbocycles. The number of aliphatic hydroxyl groups excluding tert-OH is 1. The van der Waals surface area contributed by atoms with E-state index in [0.29, 0.717) is 6.04 Å². The van der Waals surface area contributed by atoms with Crippen molar-refractivity contribution in [3.8, 4) is 0 Å². The summed E-state index contributed by atoms with van der Waals surface area (Å²) in [6.45, 7) is 0.834. The van der Waals surface area contributed by atoms with Crippen molar-refractivity contribution in [1.82, 2.24) is 5.32 Å². The fourth-order valence-corrected chi connectivity index (χ4v) is 2.83. The van der Waals surface area contributed by atoms with Crippen molar-refractivity contribution in [3.05, 3.63) is 16.3 Å². The number of rotatable bonds is 3. The fourth-order valence-electron chi connectivity index (χ4n) is 2.08. The molecule has 1 fully saturated rings. The van der Waals surface area contributed by atoms with Crippen molar-refractivity contribution in [3.63, 3.8) is 0 Å². The van der Waals surface area contributed by atoms with Crippen molar-refractivity contribution < 1.29 is 5.11 Å². The van der Waals surface area contributed by atoms with Gasteiger partial charge < -0.3 is 16.2 Å². The summed E-state index contributed by atoms with van der Waals surface area (Å²) in [7, 11) is 0. The van der Waals surface area contributed by atoms with E-state index in [4.69, 9.17) is 5.73 Å². The van der Waals surface area contributed by atoms with Crippen molar-refractivity contribution in [2.45, 2.75) is 44.4 Å². The van der Waals surface area contributed by atoms with Crippen LogP contribution in [0, 0.1) is 0 Å². The van der Waals surface area contributed by atoms with Crippen LogP contribution in [0.5, 0.6) is 0 Å². The minimum absolute atomic E-state index is 0.114. The first-order valence-electron chi connectivity index (χ1n) is 5.49. The molecule has 0 radical (unpaired) electrons. The summed E-state index contributed by atoms with van der Waals surface area (Å²) in [6.07, 6.45) is 4.02. The molecule has 1 saturated carbocycles. The Labute approximate surface area is 94.3 Å². The van der Waals surface area contributed by atoms with Crippen LogP contribution in [0.2, 0.25) is 0 Å². The molecule has 1 aromatic rings. The van der Waals surface area contributed by atoms with Crippen molar-refractivity contribution in [2.75, 3.05) is 5.73 Å². The van der Waals surface area contributed by atoms with Crippen LogP contribution in [0.15, 0.2) is 11.4 Å². The molecule has 15 heavy (non-hydrogen) atoms. The summed E-state index contributed by atoms with van der Waals surface area (Å²) >= 11 is 1.69. The normalized spacial score (nSPS) is 26.7. The van der Waals surface area contributed by atoms with Gasteiger partial charge in [0.15, 0.2) is 0 Å². The van der Waals surface area contributed by atoms with Gasteiger partial charge in [-0.05, 0) is 37.1 Å². The molecule has 2 unspecified atom stereocenters. The first kappa shape index (κ1) is 10.9. The molecule has 84 valence electrons. The highest BCUT2D eigenvalue weighted by molar-refractivity contribution is 7.10. The van der Waals surface area contributed by atoms with Crippen molar-refractivity contribution in [2.24, 2.45) is 0 Å². The monoisotopic (exact) mass is 226 g/mol. The molecular weight excluding hydrogens is 208 g/mol. The van der Waals surface area contributed by atoms with Crippen LogP contribution >= 0.6 is 11.3 Å². The van der Waals surface area contributed by atoms with Gasteiger partial charge in [-0.2, -0.15) is 0 Å². The zero-order chi connectivity index (χ0) is 10.7. The number of aliphatic hydroxyl groups is 1. The molecule has 3 nitrogen and oxygen atoms in total. The summed E-state index contributed by atoms with van der Waals surface area (Å²) in [6, 6.07) is 2.40. The van der Waals surface area contributed by atoms with Gasteiger partial charge in [-0.25, -0.2) is 0 Å². The second-order valence-corrected chi connectivity index (χ2v) is 5.20. The summed E-state index contributed by atoms with van der Waals surface area (Å²) in [5.74, 6) is 0. The summed E-state index contributed by atoms with van der Waals surface area (Å²) < 4.78 is 0. The second kappa shape index (κ2) is 4.96. The summed E-state index contributed by atoms with van der Waals surface area (Å²) in [5, 5.41) is 15.0. The number of hydrogen-bond acceptors (Lipinski definition) is 4. The highest BCUT2D eigenvalue weighted by Gasteiger charge is 2.19. The predicted octanol–water partition coefficient (Wildman–Crippen LogP) is 1.72. The second-order valence-electron chi connectivity index (χ2n) is 4.20.